The molecule has 11 heavy (non-hydrogen) atoms. The van der Waals surface area contributed by atoms with Crippen molar-refractivity contribution >= 4 is 0 Å². The van der Waals surface area contributed by atoms with E-state index in [4.69, 9.17) is 4.42 Å². The van der Waals surface area contributed by atoms with Gasteiger partial charge in [-0.1, -0.05) is 12.2 Å². The Kier molecular flexibility index (Phi) is 2.66. The molecule has 1 radical (unpaired) electrons. The molecule has 0 unspecified atom stereocenters. The minimum atomic E-state index is 0.708. The van der Waals surface area contributed by atoms with Crippen LogP contribution in [0.4, 0.5) is 0 Å². The first-order valence-corrected chi connectivity index (χ1v) is 3.45. The molecule has 1 aromatic rings. The van der Waals surface area contributed by atoms with E-state index in [2.05, 4.69) is 24.5 Å². The Morgan fingerprint density at radius 1 is 1.36 bits per heavy atom. The second-order valence-electron chi connectivity index (χ2n) is 2.16. The van der Waals surface area contributed by atoms with Crippen LogP contribution in [-0.4, -0.2) is 4.98 Å². The zero-order chi connectivity index (χ0) is 8.10. The van der Waals surface area contributed by atoms with Crippen LogP contribution < -0.4 is 0 Å². The first-order valence-electron chi connectivity index (χ1n) is 3.45. The van der Waals surface area contributed by atoms with Gasteiger partial charge in [-0.05, 0) is 0 Å². The zero-order valence-electron chi connectivity index (χ0n) is 6.34. The minimum absolute atomic E-state index is 0.708. The fourth-order valence-corrected chi connectivity index (χ4v) is 0.841. The van der Waals surface area contributed by atoms with E-state index in [1.165, 1.54) is 0 Å². The van der Waals surface area contributed by atoms with Crippen molar-refractivity contribution < 1.29 is 4.42 Å². The van der Waals surface area contributed by atoms with Crippen molar-refractivity contribution in [2.45, 2.75) is 12.8 Å². The Hall–Kier alpha value is -1.31. The van der Waals surface area contributed by atoms with Crippen molar-refractivity contribution in [3.63, 3.8) is 0 Å². The molecule has 0 N–H and O–H groups in total. The van der Waals surface area contributed by atoms with Crippen LogP contribution in [0.2, 0.25) is 0 Å². The molecule has 57 valence electrons. The summed E-state index contributed by atoms with van der Waals surface area (Å²) >= 11 is 0. The van der Waals surface area contributed by atoms with E-state index in [1.54, 1.807) is 12.2 Å². The predicted octanol–water partition coefficient (Wildman–Crippen LogP) is 1.93. The van der Waals surface area contributed by atoms with Gasteiger partial charge in [-0.25, -0.2) is 4.98 Å². The lowest BCUT2D eigenvalue weighted by atomic mass is 10.2. The van der Waals surface area contributed by atoms with Gasteiger partial charge in [0.2, 0.25) is 0 Å². The van der Waals surface area contributed by atoms with Gasteiger partial charge in [0.25, 0.3) is 6.39 Å². The first-order chi connectivity index (χ1) is 5.38. The molecule has 0 saturated heterocycles. The molecule has 0 aromatic carbocycles. The molecule has 2 heteroatoms. The highest BCUT2D eigenvalue weighted by atomic mass is 16.3. The van der Waals surface area contributed by atoms with E-state index >= 15 is 0 Å². The molecule has 1 heterocycles. The SMILES string of the molecule is C=CCc1n[c]oc1CC=C. The van der Waals surface area contributed by atoms with Crippen molar-refractivity contribution in [3.8, 4) is 0 Å². The van der Waals surface area contributed by atoms with Gasteiger partial charge in [-0.3, -0.25) is 0 Å². The van der Waals surface area contributed by atoms with Gasteiger partial charge in [0.05, 0.1) is 5.69 Å². The number of aromatic nitrogens is 1. The maximum absolute atomic E-state index is 5.00. The van der Waals surface area contributed by atoms with E-state index in [1.807, 2.05) is 0 Å². The Balaban J connectivity index is 2.76. The molecule has 1 aromatic heterocycles. The minimum Gasteiger partial charge on any atom is -0.437 e. The summed E-state index contributed by atoms with van der Waals surface area (Å²) in [6.45, 7) is 7.22. The van der Waals surface area contributed by atoms with Crippen molar-refractivity contribution in [1.82, 2.24) is 4.98 Å². The third-order valence-electron chi connectivity index (χ3n) is 1.34. The molecule has 0 fully saturated rings. The molecule has 0 amide bonds. The van der Waals surface area contributed by atoms with Crippen LogP contribution in [0.25, 0.3) is 0 Å². The summed E-state index contributed by atoms with van der Waals surface area (Å²) < 4.78 is 5.00. The Bertz CT molecular complexity index is 225. The van der Waals surface area contributed by atoms with E-state index in [0.717, 1.165) is 17.9 Å². The average Bonchev–Trinajstić information content (AvgIpc) is 2.39. The van der Waals surface area contributed by atoms with Gasteiger partial charge in [-0.2, -0.15) is 0 Å². The van der Waals surface area contributed by atoms with Crippen LogP contribution in [0, 0.1) is 6.39 Å². The lowest BCUT2D eigenvalue weighted by Crippen LogP contribution is -1.87. The lowest BCUT2D eigenvalue weighted by Gasteiger charge is -1.91. The molecule has 1 rings (SSSR count). The number of oxazole rings is 1. The second-order valence-corrected chi connectivity index (χ2v) is 2.16. The highest BCUT2D eigenvalue weighted by Gasteiger charge is 2.03. The molecule has 2 nitrogen and oxygen atoms in total. The molecule has 0 spiro atoms. The topological polar surface area (TPSA) is 26.0 Å². The summed E-state index contributed by atoms with van der Waals surface area (Å²) in [7, 11) is 0. The van der Waals surface area contributed by atoms with E-state index in [0.29, 0.717) is 6.42 Å². The zero-order valence-corrected chi connectivity index (χ0v) is 6.34. The molecular formula is C9H10NO. The standard InChI is InChI=1S/C9H10NO/c1-3-5-8-9(6-4-2)11-7-10-8/h3-4H,1-2,5-6H2. The van der Waals surface area contributed by atoms with Gasteiger partial charge in [0, 0.05) is 12.8 Å². The van der Waals surface area contributed by atoms with E-state index in [-0.39, 0.29) is 0 Å². The highest BCUT2D eigenvalue weighted by Crippen LogP contribution is 2.08. The predicted molar refractivity (Wildman–Crippen MR) is 43.1 cm³/mol. The van der Waals surface area contributed by atoms with Gasteiger partial charge >= 0.3 is 0 Å². The summed E-state index contributed by atoms with van der Waals surface area (Å²) in [6.07, 6.45) is 7.46. The summed E-state index contributed by atoms with van der Waals surface area (Å²) in [6, 6.07) is 0. The van der Waals surface area contributed by atoms with Crippen molar-refractivity contribution in [3.05, 3.63) is 43.2 Å². The van der Waals surface area contributed by atoms with E-state index in [9.17, 15) is 0 Å². The van der Waals surface area contributed by atoms with E-state index < -0.39 is 0 Å². The average molecular weight is 148 g/mol. The fourth-order valence-electron chi connectivity index (χ4n) is 0.841. The summed E-state index contributed by atoms with van der Waals surface area (Å²) in [4.78, 5) is 3.91. The fraction of sp³-hybridized carbons (Fsp3) is 0.222. The normalized spacial score (nSPS) is 9.45. The van der Waals surface area contributed by atoms with Gasteiger partial charge < -0.3 is 4.42 Å². The summed E-state index contributed by atoms with van der Waals surface area (Å²) in [5.74, 6) is 0.833. The molecule has 0 aliphatic carbocycles. The van der Waals surface area contributed by atoms with Crippen LogP contribution in [0.1, 0.15) is 11.5 Å². The summed E-state index contributed by atoms with van der Waals surface area (Å²) in [5, 5.41) is 0. The Morgan fingerprint density at radius 3 is 2.73 bits per heavy atom. The van der Waals surface area contributed by atoms with Gasteiger partial charge in [0.15, 0.2) is 0 Å². The molecule has 0 aliphatic rings. The maximum atomic E-state index is 5.00. The molecule has 0 saturated carbocycles. The Morgan fingerprint density at radius 2 is 2.09 bits per heavy atom. The number of hydrogen-bond acceptors (Lipinski definition) is 2. The molecule has 0 bridgehead atoms. The van der Waals surface area contributed by atoms with Crippen LogP contribution in [-0.2, 0) is 12.8 Å². The third kappa shape index (κ3) is 1.80. The first kappa shape index (κ1) is 7.79. The largest absolute Gasteiger partial charge is 0.437 e. The molecule has 0 aliphatic heterocycles. The van der Waals surface area contributed by atoms with Crippen LogP contribution in [0.15, 0.2) is 29.7 Å². The monoisotopic (exact) mass is 148 g/mol. The van der Waals surface area contributed by atoms with Crippen molar-refractivity contribution in [2.75, 3.05) is 0 Å². The van der Waals surface area contributed by atoms with Gasteiger partial charge in [-0.15, -0.1) is 13.2 Å². The summed E-state index contributed by atoms with van der Waals surface area (Å²) in [5.41, 5.74) is 0.903. The quantitative estimate of drug-likeness (QED) is 0.610. The van der Waals surface area contributed by atoms with Crippen LogP contribution in [0.3, 0.4) is 0 Å². The van der Waals surface area contributed by atoms with Crippen molar-refractivity contribution in [2.24, 2.45) is 0 Å². The van der Waals surface area contributed by atoms with Gasteiger partial charge in [0.1, 0.15) is 5.76 Å². The van der Waals surface area contributed by atoms with Crippen molar-refractivity contribution in [1.29, 1.82) is 0 Å². The number of nitrogens with zero attached hydrogens (tertiary/aromatic N) is 1. The Labute approximate surface area is 66.3 Å². The number of allylic oxidation sites excluding steroid dienone is 2. The maximum Gasteiger partial charge on any atom is 0.284 e. The number of rotatable bonds is 4. The second kappa shape index (κ2) is 3.76. The van der Waals surface area contributed by atoms with Crippen LogP contribution in [0.5, 0.6) is 0 Å². The molecular weight excluding hydrogens is 138 g/mol. The van der Waals surface area contributed by atoms with Crippen LogP contribution >= 0.6 is 0 Å². The third-order valence-corrected chi connectivity index (χ3v) is 1.34. The highest BCUT2D eigenvalue weighted by molar-refractivity contribution is 5.12. The smallest absolute Gasteiger partial charge is 0.284 e. The molecule has 0 atom stereocenters. The lowest BCUT2D eigenvalue weighted by molar-refractivity contribution is 0.505. The number of hydrogen-bond donors (Lipinski definition) is 0.